The molecule has 8 atom stereocenters. The van der Waals surface area contributed by atoms with Crippen LogP contribution in [-0.2, 0) is 36.7 Å². The lowest BCUT2D eigenvalue weighted by molar-refractivity contribution is -0.0409. The number of alkyl halides is 1. The van der Waals surface area contributed by atoms with Crippen molar-refractivity contribution in [2.45, 2.75) is 49.8 Å². The Hall–Kier alpha value is -3.35. The Morgan fingerprint density at radius 3 is 2.44 bits per heavy atom. The van der Waals surface area contributed by atoms with Gasteiger partial charge in [0, 0.05) is 20.0 Å². The zero-order valence-electron chi connectivity index (χ0n) is 22.4. The minimum Gasteiger partial charge on any atom is -0.382 e. The molecular weight excluding hydrogens is 617 g/mol. The van der Waals surface area contributed by atoms with Gasteiger partial charge in [-0.3, -0.25) is 28.0 Å². The molecule has 0 aromatic carbocycles. The molecule has 0 spiro atoms. The molecule has 5 N–H and O–H groups in total. The average molecular weight is 644 g/mol. The lowest BCUT2D eigenvalue weighted by Gasteiger charge is -2.19. The summed E-state index contributed by atoms with van der Waals surface area (Å²) in [6.07, 6.45) is -1.69. The third-order valence-electron chi connectivity index (χ3n) is 6.95. The van der Waals surface area contributed by atoms with Gasteiger partial charge in [-0.2, -0.15) is 4.98 Å². The third-order valence-corrected chi connectivity index (χ3v) is 8.58. The number of nitrogens with two attached hydrogens (primary N) is 2. The van der Waals surface area contributed by atoms with E-state index in [0.29, 0.717) is 11.2 Å². The molecule has 2 fully saturated rings. The first-order valence-corrected chi connectivity index (χ1v) is 15.3. The van der Waals surface area contributed by atoms with Crippen molar-refractivity contribution in [2.24, 2.45) is 0 Å². The Morgan fingerprint density at radius 1 is 0.977 bits per heavy atom. The molecule has 0 saturated carbocycles. The Bertz CT molecular complexity index is 1740. The van der Waals surface area contributed by atoms with E-state index < -0.39 is 65.6 Å². The van der Waals surface area contributed by atoms with Crippen LogP contribution in [0.5, 0.6) is 0 Å². The standard InChI is InChI=1S/C21H27FN10O9P2/c1-36-42(34)37-5-12-10(3-14(40-12)31-7-27-15-17(23)25-6-26-18(15)31)41-43(35)38-4-11-9(22)2-13(39-11)32-8-28-16-19(32)29-21(24)30-20(16)33/h6-14,42-43H,2-5H2,1H3,(H2,23,25,26)(H3,24,29,30,33)/t9-,10-,11+,12+,13+,14+/m0/s1. The number of nitrogens with zero attached hydrogens (tertiary/aromatic N) is 7. The van der Waals surface area contributed by atoms with Crippen molar-refractivity contribution in [2.75, 3.05) is 31.8 Å². The van der Waals surface area contributed by atoms with Gasteiger partial charge >= 0.3 is 16.5 Å². The number of nitrogens with one attached hydrogen (secondary N) is 1. The number of rotatable bonds is 11. The fourth-order valence-corrected chi connectivity index (χ4v) is 6.19. The number of H-pyrrole nitrogens is 1. The van der Waals surface area contributed by atoms with E-state index in [1.165, 1.54) is 30.7 Å². The summed E-state index contributed by atoms with van der Waals surface area (Å²) in [7, 11) is -4.76. The van der Waals surface area contributed by atoms with Crippen molar-refractivity contribution in [3.05, 3.63) is 29.3 Å². The molecule has 4 aromatic rings. The van der Waals surface area contributed by atoms with Gasteiger partial charge in [-0.1, -0.05) is 0 Å². The van der Waals surface area contributed by atoms with E-state index >= 15 is 0 Å². The van der Waals surface area contributed by atoms with Gasteiger partial charge in [-0.05, 0) is 0 Å². The summed E-state index contributed by atoms with van der Waals surface area (Å²) < 4.78 is 75.3. The van der Waals surface area contributed by atoms with Crippen LogP contribution in [0.25, 0.3) is 22.3 Å². The predicted octanol–water partition coefficient (Wildman–Crippen LogP) is 0.881. The first-order chi connectivity index (χ1) is 20.7. The second-order valence-electron chi connectivity index (χ2n) is 9.59. The third kappa shape index (κ3) is 6.05. The molecule has 2 aliphatic heterocycles. The normalized spacial score (nSPS) is 27.3. The van der Waals surface area contributed by atoms with Gasteiger partial charge < -0.3 is 39.0 Å². The van der Waals surface area contributed by atoms with E-state index in [1.54, 1.807) is 4.57 Å². The maximum Gasteiger partial charge on any atom is 0.319 e. The monoisotopic (exact) mass is 644 g/mol. The van der Waals surface area contributed by atoms with Crippen LogP contribution in [0.4, 0.5) is 16.2 Å². The molecule has 4 aromatic heterocycles. The highest BCUT2D eigenvalue weighted by Gasteiger charge is 2.41. The van der Waals surface area contributed by atoms with E-state index in [9.17, 15) is 18.3 Å². The van der Waals surface area contributed by atoms with Crippen molar-refractivity contribution in [1.82, 2.24) is 39.0 Å². The van der Waals surface area contributed by atoms with Crippen LogP contribution in [0.15, 0.2) is 23.8 Å². The molecule has 6 heterocycles. The summed E-state index contributed by atoms with van der Waals surface area (Å²) in [6.45, 7) is -0.595. The van der Waals surface area contributed by atoms with Crippen molar-refractivity contribution < 1.29 is 41.1 Å². The van der Waals surface area contributed by atoms with E-state index in [0.717, 1.165) is 0 Å². The van der Waals surface area contributed by atoms with Crippen LogP contribution in [0.1, 0.15) is 25.3 Å². The average Bonchev–Trinajstić information content (AvgIpc) is 3.76. The number of nitrogen functional groups attached to an aromatic ring is 2. The molecule has 232 valence electrons. The highest BCUT2D eigenvalue weighted by atomic mass is 31.1. The highest BCUT2D eigenvalue weighted by molar-refractivity contribution is 7.33. The van der Waals surface area contributed by atoms with Gasteiger partial charge in [-0.15, -0.1) is 0 Å². The fourth-order valence-electron chi connectivity index (χ4n) is 4.91. The smallest absolute Gasteiger partial charge is 0.319 e. The predicted molar refractivity (Wildman–Crippen MR) is 146 cm³/mol. The van der Waals surface area contributed by atoms with Crippen LogP contribution in [0.2, 0.25) is 0 Å². The number of fused-ring (bicyclic) bond motifs is 2. The molecule has 22 heteroatoms. The lowest BCUT2D eigenvalue weighted by atomic mass is 10.2. The SMILES string of the molecule is CO[PH](=O)OC[C@H]1O[C@@H](n2cnc3c(N)ncnc32)C[C@@H]1O[PH](=O)OC[C@H]1O[C@@H](n2cnc3c(=O)[nH]c(N)nc32)C[C@@H]1F. The Kier molecular flexibility index (Phi) is 8.52. The Labute approximate surface area is 241 Å². The lowest BCUT2D eigenvalue weighted by Crippen LogP contribution is -2.27. The number of aromatic nitrogens is 8. The van der Waals surface area contributed by atoms with Crippen molar-refractivity contribution in [1.29, 1.82) is 0 Å². The molecular formula is C21H27FN10O9P2. The quantitative estimate of drug-likeness (QED) is 0.192. The molecule has 2 saturated heterocycles. The van der Waals surface area contributed by atoms with Crippen molar-refractivity contribution >= 4 is 50.6 Å². The maximum atomic E-state index is 14.9. The van der Waals surface area contributed by atoms with Crippen LogP contribution in [0, 0.1) is 0 Å². The number of hydrogen-bond acceptors (Lipinski definition) is 16. The highest BCUT2D eigenvalue weighted by Crippen LogP contribution is 2.41. The minimum absolute atomic E-state index is 0.0253. The summed E-state index contributed by atoms with van der Waals surface area (Å²) in [6, 6.07) is 0. The summed E-state index contributed by atoms with van der Waals surface area (Å²) >= 11 is 0. The van der Waals surface area contributed by atoms with Crippen LogP contribution < -0.4 is 17.0 Å². The summed E-state index contributed by atoms with van der Waals surface area (Å²) in [5.74, 6) is 0.0595. The van der Waals surface area contributed by atoms with E-state index in [4.69, 9.17) is 39.0 Å². The fraction of sp³-hybridized carbons (Fsp3) is 0.524. The zero-order chi connectivity index (χ0) is 30.2. The molecule has 6 rings (SSSR count). The Morgan fingerprint density at radius 2 is 1.65 bits per heavy atom. The van der Waals surface area contributed by atoms with Gasteiger partial charge in [-0.25, -0.2) is 24.3 Å². The molecule has 0 amide bonds. The van der Waals surface area contributed by atoms with E-state index in [2.05, 4.69) is 29.9 Å². The number of hydrogen-bond donors (Lipinski definition) is 3. The van der Waals surface area contributed by atoms with E-state index in [1.807, 2.05) is 0 Å². The minimum atomic E-state index is -3.21. The number of aromatic amines is 1. The topological polar surface area (TPSA) is 249 Å². The van der Waals surface area contributed by atoms with Crippen molar-refractivity contribution in [3.8, 4) is 0 Å². The summed E-state index contributed by atoms with van der Waals surface area (Å²) in [4.78, 5) is 34.8. The molecule has 19 nitrogen and oxygen atoms in total. The number of ether oxygens (including phenoxy) is 2. The van der Waals surface area contributed by atoms with Gasteiger partial charge in [0.2, 0.25) is 5.95 Å². The molecule has 2 aliphatic rings. The van der Waals surface area contributed by atoms with Crippen LogP contribution >= 0.6 is 16.5 Å². The van der Waals surface area contributed by atoms with Crippen LogP contribution in [0.3, 0.4) is 0 Å². The second-order valence-corrected chi connectivity index (χ2v) is 11.8. The summed E-state index contributed by atoms with van der Waals surface area (Å²) in [5.41, 5.74) is 11.9. The number of anilines is 2. The van der Waals surface area contributed by atoms with Gasteiger partial charge in [0.1, 0.15) is 42.7 Å². The largest absolute Gasteiger partial charge is 0.382 e. The second kappa shape index (κ2) is 12.3. The Balaban J connectivity index is 1.10. The molecule has 0 bridgehead atoms. The maximum absolute atomic E-state index is 14.9. The molecule has 0 radical (unpaired) electrons. The number of imidazole rings is 2. The van der Waals surface area contributed by atoms with E-state index in [-0.39, 0.29) is 42.4 Å². The van der Waals surface area contributed by atoms with Crippen LogP contribution in [-0.4, -0.2) is 83.8 Å². The molecule has 0 aliphatic carbocycles. The molecule has 43 heavy (non-hydrogen) atoms. The number of halogens is 1. The van der Waals surface area contributed by atoms with Crippen molar-refractivity contribution in [3.63, 3.8) is 0 Å². The first-order valence-electron chi connectivity index (χ1n) is 12.9. The van der Waals surface area contributed by atoms with Gasteiger partial charge in [0.15, 0.2) is 22.6 Å². The van der Waals surface area contributed by atoms with Gasteiger partial charge in [0.05, 0.1) is 32.0 Å². The summed E-state index contributed by atoms with van der Waals surface area (Å²) in [5, 5.41) is 0. The zero-order valence-corrected chi connectivity index (χ0v) is 24.4. The molecule has 2 unspecified atom stereocenters. The van der Waals surface area contributed by atoms with Gasteiger partial charge in [0.25, 0.3) is 5.56 Å². The first kappa shape index (κ1) is 29.7.